The Labute approximate surface area is 79.0 Å². The summed E-state index contributed by atoms with van der Waals surface area (Å²) >= 11 is 0. The van der Waals surface area contributed by atoms with Crippen LogP contribution in [0.15, 0.2) is 24.3 Å². The zero-order chi connectivity index (χ0) is 9.68. The smallest absolute Gasteiger partial charge is 0.221 e. The highest BCUT2D eigenvalue weighted by Gasteiger charge is 2.07. The van der Waals surface area contributed by atoms with E-state index >= 15 is 0 Å². The molecule has 0 saturated heterocycles. The predicted molar refractivity (Wildman–Crippen MR) is 52.9 cm³/mol. The minimum Gasteiger partial charge on any atom is -0.497 e. The van der Waals surface area contributed by atoms with Gasteiger partial charge in [-0.3, -0.25) is 0 Å². The van der Waals surface area contributed by atoms with Gasteiger partial charge in [0.25, 0.3) is 0 Å². The lowest BCUT2D eigenvalue weighted by Gasteiger charge is -2.05. The monoisotopic (exact) mass is 175 g/mol. The van der Waals surface area contributed by atoms with Crippen LogP contribution in [0.3, 0.4) is 0 Å². The van der Waals surface area contributed by atoms with Crippen LogP contribution in [-0.4, -0.2) is 13.7 Å². The zero-order valence-electron chi connectivity index (χ0n) is 7.95. The van der Waals surface area contributed by atoms with Gasteiger partial charge in [0.05, 0.1) is 13.0 Å². The largest absolute Gasteiger partial charge is 0.497 e. The molecule has 1 aromatic carbocycles. The number of hydrogen-bond donors (Lipinski definition) is 0. The highest BCUT2D eigenvalue weighted by atomic mass is 16.5. The molecular weight excluding hydrogens is 162 g/mol. The third-order valence-electron chi connectivity index (χ3n) is 2.05. The minimum absolute atomic E-state index is 0.309. The van der Waals surface area contributed by atoms with E-state index in [1.54, 1.807) is 7.11 Å². The SMILES string of the molecule is [C-]#[N+]CC(C)c1ccc(OC)cc1. The first-order chi connectivity index (χ1) is 6.27. The number of nitrogens with zero attached hydrogens (tertiary/aromatic N) is 1. The van der Waals surface area contributed by atoms with Crippen molar-refractivity contribution in [2.24, 2.45) is 0 Å². The van der Waals surface area contributed by atoms with Crippen molar-refractivity contribution >= 4 is 0 Å². The minimum atomic E-state index is 0.309. The third kappa shape index (κ3) is 2.48. The summed E-state index contributed by atoms with van der Waals surface area (Å²) < 4.78 is 5.05. The van der Waals surface area contributed by atoms with Gasteiger partial charge in [-0.2, -0.15) is 0 Å². The molecule has 0 saturated carbocycles. The first kappa shape index (κ1) is 9.60. The van der Waals surface area contributed by atoms with Gasteiger partial charge in [-0.05, 0) is 17.7 Å². The standard InChI is InChI=1S/C11H13NO/c1-9(8-12-2)10-4-6-11(13-3)7-5-10/h4-7,9H,8H2,1,3H3. The highest BCUT2D eigenvalue weighted by molar-refractivity contribution is 5.29. The molecule has 13 heavy (non-hydrogen) atoms. The molecule has 2 heteroatoms. The van der Waals surface area contributed by atoms with Gasteiger partial charge in [0, 0.05) is 0 Å². The van der Waals surface area contributed by atoms with Crippen molar-refractivity contribution in [3.63, 3.8) is 0 Å². The van der Waals surface area contributed by atoms with Crippen LogP contribution in [0, 0.1) is 6.57 Å². The van der Waals surface area contributed by atoms with Crippen LogP contribution in [0.1, 0.15) is 18.4 Å². The summed E-state index contributed by atoms with van der Waals surface area (Å²) in [6.07, 6.45) is 0. The molecular formula is C11H13NO. The Balaban J connectivity index is 2.74. The van der Waals surface area contributed by atoms with E-state index in [0.29, 0.717) is 12.5 Å². The van der Waals surface area contributed by atoms with Gasteiger partial charge in [-0.25, -0.2) is 6.57 Å². The Hall–Kier alpha value is -1.49. The van der Waals surface area contributed by atoms with Crippen molar-refractivity contribution in [1.29, 1.82) is 0 Å². The molecule has 0 radical (unpaired) electrons. The molecule has 1 aromatic rings. The molecule has 0 aliphatic heterocycles. The van der Waals surface area contributed by atoms with Crippen molar-refractivity contribution in [1.82, 2.24) is 0 Å². The van der Waals surface area contributed by atoms with Gasteiger partial charge in [0.1, 0.15) is 5.75 Å². The molecule has 0 spiro atoms. The lowest BCUT2D eigenvalue weighted by molar-refractivity contribution is 0.414. The molecule has 0 fully saturated rings. The molecule has 0 amide bonds. The quantitative estimate of drug-likeness (QED) is 0.644. The topological polar surface area (TPSA) is 13.6 Å². The lowest BCUT2D eigenvalue weighted by Crippen LogP contribution is -1.95. The van der Waals surface area contributed by atoms with Crippen LogP contribution < -0.4 is 4.74 Å². The molecule has 0 aliphatic carbocycles. The maximum Gasteiger partial charge on any atom is 0.221 e. The Morgan fingerprint density at radius 1 is 1.38 bits per heavy atom. The molecule has 1 atom stereocenters. The number of methoxy groups -OCH3 is 1. The van der Waals surface area contributed by atoms with Gasteiger partial charge in [-0.15, -0.1) is 0 Å². The molecule has 0 aromatic heterocycles. The second kappa shape index (κ2) is 4.51. The van der Waals surface area contributed by atoms with Gasteiger partial charge < -0.3 is 9.58 Å². The Morgan fingerprint density at radius 2 is 2.00 bits per heavy atom. The fourth-order valence-electron chi connectivity index (χ4n) is 1.17. The van der Waals surface area contributed by atoms with Gasteiger partial charge in [0.2, 0.25) is 6.54 Å². The summed E-state index contributed by atoms with van der Waals surface area (Å²) in [5.41, 5.74) is 1.19. The second-order valence-corrected chi connectivity index (χ2v) is 3.01. The van der Waals surface area contributed by atoms with E-state index in [1.807, 2.05) is 24.3 Å². The molecule has 0 aliphatic rings. The summed E-state index contributed by atoms with van der Waals surface area (Å²) in [6.45, 7) is 9.36. The molecule has 0 bridgehead atoms. The first-order valence-electron chi connectivity index (χ1n) is 4.25. The predicted octanol–water partition coefficient (Wildman–Crippen LogP) is 2.72. The Kier molecular flexibility index (Phi) is 3.33. The first-order valence-corrected chi connectivity index (χ1v) is 4.25. The second-order valence-electron chi connectivity index (χ2n) is 3.01. The summed E-state index contributed by atoms with van der Waals surface area (Å²) in [6, 6.07) is 7.87. The highest BCUT2D eigenvalue weighted by Crippen LogP contribution is 2.18. The third-order valence-corrected chi connectivity index (χ3v) is 2.05. The average molecular weight is 175 g/mol. The molecule has 1 unspecified atom stereocenters. The molecule has 2 nitrogen and oxygen atoms in total. The van der Waals surface area contributed by atoms with Gasteiger partial charge >= 0.3 is 0 Å². The maximum atomic E-state index is 6.76. The van der Waals surface area contributed by atoms with E-state index in [9.17, 15) is 0 Å². The van der Waals surface area contributed by atoms with Crippen LogP contribution in [0.2, 0.25) is 0 Å². The van der Waals surface area contributed by atoms with Crippen molar-refractivity contribution in [3.05, 3.63) is 41.2 Å². The van der Waals surface area contributed by atoms with Crippen LogP contribution in [-0.2, 0) is 0 Å². The van der Waals surface area contributed by atoms with Crippen LogP contribution in [0.5, 0.6) is 5.75 Å². The normalized spacial score (nSPS) is 11.8. The summed E-state index contributed by atoms with van der Waals surface area (Å²) in [4.78, 5) is 3.37. The van der Waals surface area contributed by atoms with Crippen molar-refractivity contribution in [2.45, 2.75) is 12.8 Å². The number of rotatable bonds is 3. The van der Waals surface area contributed by atoms with E-state index < -0.39 is 0 Å². The average Bonchev–Trinajstić information content (AvgIpc) is 2.18. The number of ether oxygens (including phenoxy) is 1. The van der Waals surface area contributed by atoms with E-state index in [1.165, 1.54) is 5.56 Å². The molecule has 0 heterocycles. The summed E-state index contributed by atoms with van der Waals surface area (Å²) in [5, 5.41) is 0. The van der Waals surface area contributed by atoms with E-state index in [0.717, 1.165) is 5.75 Å². The Morgan fingerprint density at radius 3 is 2.46 bits per heavy atom. The van der Waals surface area contributed by atoms with Crippen molar-refractivity contribution in [2.75, 3.05) is 13.7 Å². The van der Waals surface area contributed by atoms with Crippen molar-refractivity contribution < 1.29 is 4.74 Å². The number of hydrogen-bond acceptors (Lipinski definition) is 1. The summed E-state index contributed by atoms with van der Waals surface area (Å²) in [7, 11) is 1.65. The molecule has 68 valence electrons. The fraction of sp³-hybridized carbons (Fsp3) is 0.364. The van der Waals surface area contributed by atoms with E-state index in [2.05, 4.69) is 11.8 Å². The summed E-state index contributed by atoms with van der Waals surface area (Å²) in [5.74, 6) is 1.17. The van der Waals surface area contributed by atoms with E-state index in [-0.39, 0.29) is 0 Å². The van der Waals surface area contributed by atoms with Gasteiger partial charge in [0.15, 0.2) is 0 Å². The van der Waals surface area contributed by atoms with Crippen LogP contribution in [0.25, 0.3) is 4.85 Å². The van der Waals surface area contributed by atoms with Gasteiger partial charge in [-0.1, -0.05) is 19.1 Å². The Bertz CT molecular complexity index is 297. The van der Waals surface area contributed by atoms with Crippen LogP contribution in [0.4, 0.5) is 0 Å². The van der Waals surface area contributed by atoms with E-state index in [4.69, 9.17) is 11.3 Å². The zero-order valence-corrected chi connectivity index (χ0v) is 7.95. The number of benzene rings is 1. The lowest BCUT2D eigenvalue weighted by atomic mass is 10.0. The molecule has 0 N–H and O–H groups in total. The molecule has 1 rings (SSSR count). The van der Waals surface area contributed by atoms with Crippen LogP contribution >= 0.6 is 0 Å². The van der Waals surface area contributed by atoms with Crippen molar-refractivity contribution in [3.8, 4) is 5.75 Å². The maximum absolute atomic E-state index is 6.76. The fourth-order valence-corrected chi connectivity index (χ4v) is 1.17.